The highest BCUT2D eigenvalue weighted by molar-refractivity contribution is 6.21. The molecule has 3 aliphatic rings. The van der Waals surface area contributed by atoms with E-state index >= 15 is 0 Å². The van der Waals surface area contributed by atoms with Gasteiger partial charge in [0.2, 0.25) is 5.78 Å². The van der Waals surface area contributed by atoms with Crippen LogP contribution in [-0.2, 0) is 24.7 Å². The van der Waals surface area contributed by atoms with Gasteiger partial charge < -0.3 is 30.9 Å². The summed E-state index contributed by atoms with van der Waals surface area (Å²) in [4.78, 5) is 51.7. The number of hydrogen-bond acceptors (Lipinski definition) is 10. The number of amides is 1. The molecule has 11 nitrogen and oxygen atoms in total. The summed E-state index contributed by atoms with van der Waals surface area (Å²) >= 11 is 0. The van der Waals surface area contributed by atoms with Crippen molar-refractivity contribution in [2.75, 3.05) is 14.1 Å². The van der Waals surface area contributed by atoms with Crippen molar-refractivity contribution >= 4 is 23.4 Å². The number of fused-ring (bicyclic) bond motifs is 4. The van der Waals surface area contributed by atoms with Crippen LogP contribution in [0.5, 0.6) is 5.75 Å². The summed E-state index contributed by atoms with van der Waals surface area (Å²) in [5.74, 6) is -9.37. The standard InChI is InChI=1S/C22H24N2O9/c1-22-7-5-4-6-8(25)9(7)15(26)10(21(32)33-22)13(22)16(27)11-14(24(2)3)17(28)12(20(23)31)19(30)18(11)29/h4-6,10-11,13-14,16,18,25,27-29H,1-3H3,(H2,23,31). The minimum absolute atomic E-state index is 0.0949. The average molecular weight is 460 g/mol. The summed E-state index contributed by atoms with van der Waals surface area (Å²) in [6.07, 6.45) is -3.70. The zero-order chi connectivity index (χ0) is 24.6. The molecule has 176 valence electrons. The molecule has 4 rings (SSSR count). The molecule has 1 saturated heterocycles. The molecule has 0 aromatic heterocycles. The Morgan fingerprint density at radius 1 is 1.18 bits per heavy atom. The summed E-state index contributed by atoms with van der Waals surface area (Å²) in [5, 5.41) is 43.2. The normalized spacial score (nSPS) is 34.4. The lowest BCUT2D eigenvalue weighted by molar-refractivity contribution is -0.154. The molecule has 0 spiro atoms. The van der Waals surface area contributed by atoms with Gasteiger partial charge in [-0.2, -0.15) is 0 Å². The first-order valence-electron chi connectivity index (χ1n) is 10.2. The van der Waals surface area contributed by atoms with Gasteiger partial charge in [0.05, 0.1) is 23.6 Å². The van der Waals surface area contributed by atoms with Gasteiger partial charge in [0, 0.05) is 11.5 Å². The van der Waals surface area contributed by atoms with Gasteiger partial charge in [0.25, 0.3) is 5.91 Å². The van der Waals surface area contributed by atoms with Crippen LogP contribution in [0.4, 0.5) is 0 Å². The van der Waals surface area contributed by atoms with Crippen molar-refractivity contribution < 1.29 is 44.3 Å². The van der Waals surface area contributed by atoms with Crippen molar-refractivity contribution in [2.24, 2.45) is 23.5 Å². The van der Waals surface area contributed by atoms with Crippen LogP contribution in [0.1, 0.15) is 22.8 Å². The number of nitrogens with zero attached hydrogens (tertiary/aromatic N) is 1. The Morgan fingerprint density at radius 3 is 2.39 bits per heavy atom. The Bertz CT molecular complexity index is 1130. The van der Waals surface area contributed by atoms with E-state index in [9.17, 15) is 39.6 Å². The molecule has 1 aromatic carbocycles. The van der Waals surface area contributed by atoms with E-state index in [0.717, 1.165) is 0 Å². The quantitative estimate of drug-likeness (QED) is 0.206. The number of carbonyl (C=O) groups excluding carboxylic acids is 4. The number of aliphatic hydroxyl groups excluding tert-OH is 3. The largest absolute Gasteiger partial charge is 0.510 e. The van der Waals surface area contributed by atoms with Crippen molar-refractivity contribution in [3.05, 3.63) is 40.7 Å². The predicted molar refractivity (Wildman–Crippen MR) is 110 cm³/mol. The summed E-state index contributed by atoms with van der Waals surface area (Å²) in [6, 6.07) is 2.99. The third kappa shape index (κ3) is 2.93. The van der Waals surface area contributed by atoms with Crippen molar-refractivity contribution in [2.45, 2.75) is 30.8 Å². The van der Waals surface area contributed by atoms with Crippen LogP contribution in [0.15, 0.2) is 29.5 Å². The Morgan fingerprint density at radius 2 is 1.82 bits per heavy atom. The molecule has 7 unspecified atom stereocenters. The maximum absolute atomic E-state index is 13.2. The number of hydrogen-bond donors (Lipinski definition) is 5. The molecule has 7 atom stereocenters. The molecule has 0 saturated carbocycles. The first kappa shape index (κ1) is 22.9. The fourth-order valence-electron chi connectivity index (χ4n) is 5.60. The zero-order valence-electron chi connectivity index (χ0n) is 18.1. The number of aliphatic hydroxyl groups is 3. The van der Waals surface area contributed by atoms with Gasteiger partial charge in [0.15, 0.2) is 5.78 Å². The maximum Gasteiger partial charge on any atom is 0.318 e. The molecule has 0 radical (unpaired) electrons. The van der Waals surface area contributed by atoms with E-state index < -0.39 is 76.4 Å². The number of phenols is 1. The van der Waals surface area contributed by atoms with Gasteiger partial charge in [0.1, 0.15) is 34.7 Å². The number of nitrogens with two attached hydrogens (primary N) is 1. The van der Waals surface area contributed by atoms with Crippen LogP contribution in [-0.4, -0.2) is 81.1 Å². The van der Waals surface area contributed by atoms with Gasteiger partial charge in [-0.25, -0.2) is 0 Å². The van der Waals surface area contributed by atoms with Crippen LogP contribution in [0.25, 0.3) is 0 Å². The molecule has 11 heteroatoms. The lowest BCUT2D eigenvalue weighted by Gasteiger charge is -2.46. The number of benzene rings is 1. The van der Waals surface area contributed by atoms with Crippen LogP contribution < -0.4 is 5.73 Å². The molecular formula is C22H24N2O9. The first-order valence-corrected chi connectivity index (χ1v) is 10.2. The lowest BCUT2D eigenvalue weighted by atomic mass is 9.61. The van der Waals surface area contributed by atoms with E-state index in [1.807, 2.05) is 0 Å². The second-order valence-electron chi connectivity index (χ2n) is 9.01. The molecular weight excluding hydrogens is 436 g/mol. The molecule has 1 fully saturated rings. The number of ketones is 2. The van der Waals surface area contributed by atoms with E-state index in [2.05, 4.69) is 0 Å². The van der Waals surface area contributed by atoms with E-state index in [-0.39, 0.29) is 16.9 Å². The van der Waals surface area contributed by atoms with Crippen molar-refractivity contribution in [3.8, 4) is 5.75 Å². The minimum Gasteiger partial charge on any atom is -0.510 e. The van der Waals surface area contributed by atoms with Crippen LogP contribution >= 0.6 is 0 Å². The Hall–Kier alpha value is -3.28. The third-order valence-corrected chi connectivity index (χ3v) is 7.01. The van der Waals surface area contributed by atoms with Crippen molar-refractivity contribution in [1.29, 1.82) is 0 Å². The summed E-state index contributed by atoms with van der Waals surface area (Å²) in [7, 11) is 2.97. The molecule has 1 aliphatic heterocycles. The molecule has 1 heterocycles. The summed E-state index contributed by atoms with van der Waals surface area (Å²) in [5.41, 5.74) is 2.94. The van der Waals surface area contributed by atoms with Crippen molar-refractivity contribution in [1.82, 2.24) is 4.90 Å². The SMILES string of the molecule is CN(C)C1C(O)=C(C(N)=O)C(=O)C(O)C1C(O)C1C2C(=O)OC1(C)c1cccc(O)c1C2=O. The van der Waals surface area contributed by atoms with Gasteiger partial charge in [-0.05, 0) is 27.1 Å². The maximum atomic E-state index is 13.2. The predicted octanol–water partition coefficient (Wildman–Crippen LogP) is -1.26. The average Bonchev–Trinajstić information content (AvgIpc) is 2.95. The number of primary amides is 1. The van der Waals surface area contributed by atoms with E-state index in [1.165, 1.54) is 44.1 Å². The Labute approximate surface area is 188 Å². The fourth-order valence-corrected chi connectivity index (χ4v) is 5.60. The van der Waals surface area contributed by atoms with E-state index in [0.29, 0.717) is 0 Å². The van der Waals surface area contributed by atoms with Crippen molar-refractivity contribution in [3.63, 3.8) is 0 Å². The molecule has 6 N–H and O–H groups in total. The highest BCUT2D eigenvalue weighted by Crippen LogP contribution is 2.55. The second kappa shape index (κ2) is 7.37. The van der Waals surface area contributed by atoms with Gasteiger partial charge >= 0.3 is 5.97 Å². The highest BCUT2D eigenvalue weighted by Gasteiger charge is 2.66. The monoisotopic (exact) mass is 460 g/mol. The number of rotatable bonds is 4. The number of phenolic OH excluding ortho intramolecular Hbond substituents is 1. The third-order valence-electron chi connectivity index (χ3n) is 7.01. The Kier molecular flexibility index (Phi) is 5.11. The number of ether oxygens (including phenoxy) is 1. The lowest BCUT2D eigenvalue weighted by Crippen LogP contribution is -2.60. The molecule has 1 amide bonds. The fraction of sp³-hybridized carbons (Fsp3) is 0.455. The smallest absolute Gasteiger partial charge is 0.318 e. The van der Waals surface area contributed by atoms with Gasteiger partial charge in [-0.3, -0.25) is 24.1 Å². The van der Waals surface area contributed by atoms with E-state index in [4.69, 9.17) is 10.5 Å². The number of aromatic hydroxyl groups is 1. The van der Waals surface area contributed by atoms with Gasteiger partial charge in [-0.15, -0.1) is 0 Å². The second-order valence-corrected chi connectivity index (χ2v) is 9.01. The highest BCUT2D eigenvalue weighted by atomic mass is 16.6. The number of Topliss-reactive ketones (excluding diaryl/α,β-unsaturated/α-hetero) is 2. The van der Waals surface area contributed by atoms with Gasteiger partial charge in [-0.1, -0.05) is 12.1 Å². The zero-order valence-corrected chi connectivity index (χ0v) is 18.1. The van der Waals surface area contributed by atoms with E-state index in [1.54, 1.807) is 0 Å². The molecule has 2 aliphatic carbocycles. The summed E-state index contributed by atoms with van der Waals surface area (Å²) in [6.45, 7) is 1.47. The molecule has 1 aromatic rings. The summed E-state index contributed by atoms with van der Waals surface area (Å²) < 4.78 is 5.53. The minimum atomic E-state index is -1.97. The van der Waals surface area contributed by atoms with Crippen LogP contribution in [0, 0.1) is 17.8 Å². The molecule has 2 bridgehead atoms. The molecule has 33 heavy (non-hydrogen) atoms. The first-order chi connectivity index (χ1) is 15.3. The number of carbonyl (C=O) groups is 4. The number of esters is 1. The Balaban J connectivity index is 1.88. The van der Waals surface area contributed by atoms with Crippen LogP contribution in [0.2, 0.25) is 0 Å². The van der Waals surface area contributed by atoms with Crippen LogP contribution in [0.3, 0.4) is 0 Å². The number of likely N-dealkylation sites (N-methyl/N-ethyl adjacent to an activating group) is 1. The topological polar surface area (TPSA) is 188 Å².